The number of rotatable bonds is 2. The summed E-state index contributed by atoms with van der Waals surface area (Å²) < 4.78 is 2.25. The summed E-state index contributed by atoms with van der Waals surface area (Å²) in [4.78, 5) is 3.45. The van der Waals surface area contributed by atoms with Gasteiger partial charge >= 0.3 is 0 Å². The van der Waals surface area contributed by atoms with Crippen molar-refractivity contribution in [3.05, 3.63) is 53.6 Å². The molecule has 0 atom stereocenters. The van der Waals surface area contributed by atoms with E-state index in [-0.39, 0.29) is 0 Å². The van der Waals surface area contributed by atoms with Gasteiger partial charge in [-0.3, -0.25) is 0 Å². The molecule has 2 nitrogen and oxygen atoms in total. The monoisotopic (exact) mass is 257 g/mol. The zero-order valence-corrected chi connectivity index (χ0v) is 10.9. The predicted octanol–water partition coefficient (Wildman–Crippen LogP) is 3.80. The van der Waals surface area contributed by atoms with Crippen LogP contribution >= 0.6 is 11.6 Å². The van der Waals surface area contributed by atoms with Crippen molar-refractivity contribution in [1.29, 1.82) is 0 Å². The Morgan fingerprint density at radius 1 is 1.06 bits per heavy atom. The molecule has 1 N–H and O–H groups in total. The molecule has 0 radical (unpaired) electrons. The first-order chi connectivity index (χ1) is 8.81. The van der Waals surface area contributed by atoms with Gasteiger partial charge in [0.1, 0.15) is 0 Å². The van der Waals surface area contributed by atoms with Gasteiger partial charge in [0, 0.05) is 0 Å². The topological polar surface area (TPSA) is 19.7 Å². The smallest absolute Gasteiger partial charge is 0.236 e. The lowest BCUT2D eigenvalue weighted by Crippen LogP contribution is -2.33. The number of para-hydroxylation sites is 2. The molecule has 3 heteroatoms. The molecule has 0 amide bonds. The van der Waals surface area contributed by atoms with Crippen molar-refractivity contribution in [2.45, 2.75) is 13.5 Å². The quantitative estimate of drug-likeness (QED) is 0.674. The number of hydrogen-bond acceptors (Lipinski definition) is 0. The van der Waals surface area contributed by atoms with Crippen molar-refractivity contribution in [3.63, 3.8) is 0 Å². The lowest BCUT2D eigenvalue weighted by Gasteiger charge is -2.00. The van der Waals surface area contributed by atoms with E-state index in [1.807, 2.05) is 30.3 Å². The van der Waals surface area contributed by atoms with Crippen molar-refractivity contribution in [1.82, 2.24) is 4.98 Å². The molecule has 3 rings (SSSR count). The molecule has 1 aromatic heterocycles. The first-order valence-electron chi connectivity index (χ1n) is 6.06. The molecule has 0 spiro atoms. The van der Waals surface area contributed by atoms with Crippen LogP contribution in [0.2, 0.25) is 5.02 Å². The second kappa shape index (κ2) is 4.46. The molecule has 18 heavy (non-hydrogen) atoms. The Kier molecular flexibility index (Phi) is 2.80. The summed E-state index contributed by atoms with van der Waals surface area (Å²) in [6, 6.07) is 16.2. The molecule has 1 heterocycles. The molecule has 0 saturated carbocycles. The largest absolute Gasteiger partial charge is 0.289 e. The van der Waals surface area contributed by atoms with E-state index in [0.29, 0.717) is 0 Å². The molecular weight excluding hydrogens is 244 g/mol. The minimum Gasteiger partial charge on any atom is -0.236 e. The summed E-state index contributed by atoms with van der Waals surface area (Å²) in [5, 5.41) is 0.770. The number of imidazole rings is 1. The number of aromatic amines is 1. The van der Waals surface area contributed by atoms with Crippen LogP contribution in [0.4, 0.5) is 0 Å². The van der Waals surface area contributed by atoms with E-state index in [4.69, 9.17) is 11.6 Å². The summed E-state index contributed by atoms with van der Waals surface area (Å²) in [5.74, 6) is 1.06. The van der Waals surface area contributed by atoms with Crippen molar-refractivity contribution in [2.75, 3.05) is 0 Å². The zero-order valence-electron chi connectivity index (χ0n) is 10.2. The Hall–Kier alpha value is -1.80. The second-order valence-corrected chi connectivity index (χ2v) is 4.62. The third-order valence-corrected chi connectivity index (χ3v) is 3.49. The summed E-state index contributed by atoms with van der Waals surface area (Å²) in [5.41, 5.74) is 3.38. The van der Waals surface area contributed by atoms with Crippen LogP contribution < -0.4 is 4.57 Å². The Bertz CT molecular complexity index is 701. The fourth-order valence-corrected chi connectivity index (χ4v) is 2.55. The molecule has 0 bridgehead atoms. The van der Waals surface area contributed by atoms with Crippen LogP contribution in [-0.2, 0) is 6.54 Å². The van der Waals surface area contributed by atoms with Crippen LogP contribution in [-0.4, -0.2) is 4.98 Å². The molecule has 0 aliphatic rings. The summed E-state index contributed by atoms with van der Waals surface area (Å²) in [6.45, 7) is 3.05. The third-order valence-electron chi connectivity index (χ3n) is 3.16. The normalized spacial score (nSPS) is 11.0. The number of benzene rings is 2. The van der Waals surface area contributed by atoms with Crippen molar-refractivity contribution in [3.8, 4) is 11.4 Å². The van der Waals surface area contributed by atoms with Crippen LogP contribution in [0.25, 0.3) is 22.4 Å². The lowest BCUT2D eigenvalue weighted by atomic mass is 10.2. The average Bonchev–Trinajstić information content (AvgIpc) is 2.77. The standard InChI is InChI=1S/C15H13ClN2/c1-2-18-14-10-6-5-9-13(14)17-15(18)11-7-3-4-8-12(11)16/h3-10H,2H2,1H3/p+1. The van der Waals surface area contributed by atoms with Gasteiger partial charge in [-0.2, -0.15) is 0 Å². The highest BCUT2D eigenvalue weighted by Crippen LogP contribution is 2.25. The maximum absolute atomic E-state index is 6.28. The molecule has 0 unspecified atom stereocenters. The Labute approximate surface area is 111 Å². The maximum atomic E-state index is 6.28. The van der Waals surface area contributed by atoms with Gasteiger partial charge < -0.3 is 0 Å². The number of fused-ring (bicyclic) bond motifs is 1. The molecule has 3 aromatic rings. The predicted molar refractivity (Wildman–Crippen MR) is 74.6 cm³/mol. The van der Waals surface area contributed by atoms with E-state index in [0.717, 1.165) is 28.5 Å². The van der Waals surface area contributed by atoms with Crippen LogP contribution in [0, 0.1) is 0 Å². The third kappa shape index (κ3) is 1.70. The molecule has 0 aliphatic carbocycles. The number of aryl methyl sites for hydroxylation is 1. The van der Waals surface area contributed by atoms with E-state index >= 15 is 0 Å². The zero-order chi connectivity index (χ0) is 12.5. The van der Waals surface area contributed by atoms with Gasteiger partial charge in [-0.15, -0.1) is 0 Å². The van der Waals surface area contributed by atoms with E-state index in [1.54, 1.807) is 0 Å². The maximum Gasteiger partial charge on any atom is 0.289 e. The number of nitrogens with zero attached hydrogens (tertiary/aromatic N) is 1. The van der Waals surface area contributed by atoms with E-state index in [1.165, 1.54) is 5.52 Å². The highest BCUT2D eigenvalue weighted by molar-refractivity contribution is 6.33. The molecule has 0 aliphatic heterocycles. The number of H-pyrrole nitrogens is 1. The highest BCUT2D eigenvalue weighted by atomic mass is 35.5. The highest BCUT2D eigenvalue weighted by Gasteiger charge is 2.20. The molecule has 0 fully saturated rings. The van der Waals surface area contributed by atoms with Gasteiger partial charge in [-0.25, -0.2) is 9.55 Å². The number of aromatic nitrogens is 2. The first kappa shape index (κ1) is 11.3. The Balaban J connectivity index is 2.32. The van der Waals surface area contributed by atoms with E-state index in [9.17, 15) is 0 Å². The summed E-state index contributed by atoms with van der Waals surface area (Å²) in [6.07, 6.45) is 0. The van der Waals surface area contributed by atoms with Crippen LogP contribution in [0.5, 0.6) is 0 Å². The van der Waals surface area contributed by atoms with Crippen LogP contribution in [0.15, 0.2) is 48.5 Å². The van der Waals surface area contributed by atoms with E-state index in [2.05, 4.69) is 34.7 Å². The molecule has 0 saturated heterocycles. The van der Waals surface area contributed by atoms with Crippen molar-refractivity contribution < 1.29 is 4.57 Å². The summed E-state index contributed by atoms with van der Waals surface area (Å²) >= 11 is 6.28. The lowest BCUT2D eigenvalue weighted by molar-refractivity contribution is -0.656. The van der Waals surface area contributed by atoms with E-state index < -0.39 is 0 Å². The number of hydrogen-bond donors (Lipinski definition) is 1. The van der Waals surface area contributed by atoms with Gasteiger partial charge in [0.05, 0.1) is 17.1 Å². The fraction of sp³-hybridized carbons (Fsp3) is 0.133. The van der Waals surface area contributed by atoms with Crippen molar-refractivity contribution in [2.24, 2.45) is 0 Å². The minimum atomic E-state index is 0.770. The van der Waals surface area contributed by atoms with Crippen LogP contribution in [0.1, 0.15) is 6.92 Å². The van der Waals surface area contributed by atoms with Gasteiger partial charge in [0.25, 0.3) is 5.82 Å². The van der Waals surface area contributed by atoms with Gasteiger partial charge in [-0.05, 0) is 31.2 Å². The second-order valence-electron chi connectivity index (χ2n) is 4.21. The molecule has 90 valence electrons. The molecular formula is C15H14ClN2+. The first-order valence-corrected chi connectivity index (χ1v) is 6.44. The fourth-order valence-electron chi connectivity index (χ4n) is 2.32. The van der Waals surface area contributed by atoms with Gasteiger partial charge in [-0.1, -0.05) is 35.9 Å². The Morgan fingerprint density at radius 2 is 1.78 bits per heavy atom. The summed E-state index contributed by atoms with van der Waals surface area (Å²) in [7, 11) is 0. The number of nitrogens with one attached hydrogen (secondary N) is 1. The minimum absolute atomic E-state index is 0.770. The van der Waals surface area contributed by atoms with Crippen molar-refractivity contribution >= 4 is 22.6 Å². The van der Waals surface area contributed by atoms with Gasteiger partial charge in [0.2, 0.25) is 0 Å². The van der Waals surface area contributed by atoms with Gasteiger partial charge in [0.15, 0.2) is 11.0 Å². The number of halogens is 1. The average molecular weight is 258 g/mol. The van der Waals surface area contributed by atoms with Crippen LogP contribution in [0.3, 0.4) is 0 Å². The molecule has 2 aromatic carbocycles. The SMILES string of the molecule is CC[n+]1c(-c2ccccc2Cl)[nH]c2ccccc21. The Morgan fingerprint density at radius 3 is 2.56 bits per heavy atom.